The minimum Gasteiger partial charge on any atom is -0.480 e. The van der Waals surface area contributed by atoms with Crippen LogP contribution >= 0.6 is 0 Å². The Bertz CT molecular complexity index is 366. The van der Waals surface area contributed by atoms with Crippen LogP contribution in [-0.2, 0) is 4.79 Å². The number of carbonyl (C=O) groups is 2. The number of nitrogens with one attached hydrogen (secondary N) is 1. The van der Waals surface area contributed by atoms with Crippen LogP contribution in [0, 0.1) is 5.41 Å². The van der Waals surface area contributed by atoms with Crippen LogP contribution in [0.25, 0.3) is 0 Å². The third kappa shape index (κ3) is 3.85. The predicted molar refractivity (Wildman–Crippen MR) is 77.7 cm³/mol. The molecule has 6 heteroatoms. The second-order valence-corrected chi connectivity index (χ2v) is 6.86. The summed E-state index contributed by atoms with van der Waals surface area (Å²) in [5, 5.41) is 11.9. The predicted octanol–water partition coefficient (Wildman–Crippen LogP) is 1.22. The zero-order valence-electron chi connectivity index (χ0n) is 13.3. The van der Waals surface area contributed by atoms with E-state index in [4.69, 9.17) is 0 Å². The van der Waals surface area contributed by atoms with Gasteiger partial charge >= 0.3 is 12.0 Å². The van der Waals surface area contributed by atoms with Crippen LogP contribution in [0.4, 0.5) is 4.79 Å². The second kappa shape index (κ2) is 5.99. The number of amides is 2. The van der Waals surface area contributed by atoms with Gasteiger partial charge in [0, 0.05) is 25.2 Å². The molecular weight excluding hydrogens is 258 g/mol. The molecular formula is C14H27N3O3. The Morgan fingerprint density at radius 2 is 1.65 bits per heavy atom. The third-order valence-electron chi connectivity index (χ3n) is 4.03. The van der Waals surface area contributed by atoms with Gasteiger partial charge in [-0.3, -0.25) is 4.90 Å². The van der Waals surface area contributed by atoms with Crippen LogP contribution in [0.3, 0.4) is 0 Å². The van der Waals surface area contributed by atoms with Gasteiger partial charge in [-0.2, -0.15) is 0 Å². The zero-order valence-corrected chi connectivity index (χ0v) is 13.3. The van der Waals surface area contributed by atoms with Crippen molar-refractivity contribution in [3.8, 4) is 0 Å². The molecule has 0 saturated carbocycles. The van der Waals surface area contributed by atoms with Gasteiger partial charge in [0.2, 0.25) is 0 Å². The summed E-state index contributed by atoms with van der Waals surface area (Å²) in [6.07, 6.45) is 0. The fourth-order valence-corrected chi connectivity index (χ4v) is 2.43. The fourth-order valence-electron chi connectivity index (χ4n) is 2.43. The number of aliphatic carboxylic acids is 1. The lowest BCUT2D eigenvalue weighted by Crippen LogP contribution is -2.61. The zero-order chi connectivity index (χ0) is 15.7. The molecule has 1 fully saturated rings. The van der Waals surface area contributed by atoms with Gasteiger partial charge < -0.3 is 15.3 Å². The second-order valence-electron chi connectivity index (χ2n) is 6.86. The van der Waals surface area contributed by atoms with Crippen LogP contribution in [-0.4, -0.2) is 65.2 Å². The molecule has 1 aliphatic rings. The van der Waals surface area contributed by atoms with Crippen LogP contribution in [0.2, 0.25) is 0 Å². The molecule has 1 saturated heterocycles. The van der Waals surface area contributed by atoms with E-state index < -0.39 is 17.4 Å². The van der Waals surface area contributed by atoms with E-state index >= 15 is 0 Å². The highest BCUT2D eigenvalue weighted by Crippen LogP contribution is 2.20. The van der Waals surface area contributed by atoms with Gasteiger partial charge in [-0.25, -0.2) is 9.59 Å². The highest BCUT2D eigenvalue weighted by atomic mass is 16.4. The van der Waals surface area contributed by atoms with Gasteiger partial charge in [-0.15, -0.1) is 0 Å². The van der Waals surface area contributed by atoms with E-state index in [1.807, 2.05) is 7.05 Å². The summed E-state index contributed by atoms with van der Waals surface area (Å²) in [5.41, 5.74) is -0.523. The fraction of sp³-hybridized carbons (Fsp3) is 0.857. The minimum absolute atomic E-state index is 0.266. The summed E-state index contributed by atoms with van der Waals surface area (Å²) in [6, 6.07) is -0.649. The molecule has 116 valence electrons. The first-order chi connectivity index (χ1) is 9.04. The third-order valence-corrected chi connectivity index (χ3v) is 4.03. The van der Waals surface area contributed by atoms with E-state index in [9.17, 15) is 14.7 Å². The largest absolute Gasteiger partial charge is 0.480 e. The van der Waals surface area contributed by atoms with Crippen molar-refractivity contribution in [2.24, 2.45) is 5.41 Å². The van der Waals surface area contributed by atoms with Crippen molar-refractivity contribution in [3.05, 3.63) is 0 Å². The Morgan fingerprint density at radius 1 is 1.20 bits per heavy atom. The summed E-state index contributed by atoms with van der Waals surface area (Å²) in [5.74, 6) is -0.999. The average molecular weight is 285 g/mol. The Hall–Kier alpha value is -1.30. The minimum atomic E-state index is -0.999. The van der Waals surface area contributed by atoms with Gasteiger partial charge in [-0.05, 0) is 26.3 Å². The first-order valence-corrected chi connectivity index (χ1v) is 7.04. The Labute approximate surface area is 121 Å². The molecule has 0 radical (unpaired) electrons. The number of piperazine rings is 1. The lowest BCUT2D eigenvalue weighted by Gasteiger charge is -2.43. The smallest absolute Gasteiger partial charge is 0.326 e. The van der Waals surface area contributed by atoms with Crippen molar-refractivity contribution in [2.75, 3.05) is 20.1 Å². The average Bonchev–Trinajstić information content (AvgIpc) is 2.30. The first kappa shape index (κ1) is 16.8. The van der Waals surface area contributed by atoms with E-state index in [1.54, 1.807) is 25.7 Å². The summed E-state index contributed by atoms with van der Waals surface area (Å²) in [4.78, 5) is 27.5. The van der Waals surface area contributed by atoms with E-state index in [2.05, 4.69) is 24.1 Å². The summed E-state index contributed by atoms with van der Waals surface area (Å²) >= 11 is 0. The highest BCUT2D eigenvalue weighted by molar-refractivity contribution is 5.83. The Kier molecular flexibility index (Phi) is 5.02. The van der Waals surface area contributed by atoms with E-state index in [0.717, 1.165) is 0 Å². The Morgan fingerprint density at radius 3 is 2.00 bits per heavy atom. The summed E-state index contributed by atoms with van der Waals surface area (Å²) in [7, 11) is 2.04. The molecule has 1 aliphatic heterocycles. The maximum Gasteiger partial charge on any atom is 0.326 e. The van der Waals surface area contributed by atoms with Crippen molar-refractivity contribution >= 4 is 12.0 Å². The molecule has 2 unspecified atom stereocenters. The van der Waals surface area contributed by atoms with Crippen molar-refractivity contribution < 1.29 is 14.7 Å². The summed E-state index contributed by atoms with van der Waals surface area (Å²) in [6.45, 7) is 10.8. The van der Waals surface area contributed by atoms with Crippen molar-refractivity contribution in [1.82, 2.24) is 15.1 Å². The van der Waals surface area contributed by atoms with Gasteiger partial charge in [-0.1, -0.05) is 20.8 Å². The number of rotatable bonds is 2. The van der Waals surface area contributed by atoms with Crippen LogP contribution in [0.5, 0.6) is 0 Å². The molecule has 0 aromatic carbocycles. The maximum absolute atomic E-state index is 12.3. The molecule has 2 amide bonds. The lowest BCUT2D eigenvalue weighted by atomic mass is 9.87. The van der Waals surface area contributed by atoms with Crippen molar-refractivity contribution in [2.45, 2.75) is 52.7 Å². The number of hydrogen-bond donors (Lipinski definition) is 2. The van der Waals surface area contributed by atoms with Crippen LogP contribution < -0.4 is 5.32 Å². The molecule has 1 rings (SSSR count). The molecule has 0 bridgehead atoms. The molecule has 0 aromatic heterocycles. The molecule has 2 N–H and O–H groups in total. The molecule has 0 spiro atoms. The number of carboxylic acid groups (broad SMARTS) is 1. The standard InChI is InChI=1S/C14H27N3O3/c1-9-7-17(8-10(2)16(9)6)13(20)15-11(12(18)19)14(3,4)5/h9-11H,7-8H2,1-6H3,(H,15,20)(H,18,19)/t9?,10?,11-/m1/s1. The lowest BCUT2D eigenvalue weighted by molar-refractivity contribution is -0.142. The van der Waals surface area contributed by atoms with Crippen molar-refractivity contribution in [1.29, 1.82) is 0 Å². The van der Waals surface area contributed by atoms with E-state index in [0.29, 0.717) is 13.1 Å². The van der Waals surface area contributed by atoms with Gasteiger partial charge in [0.05, 0.1) is 0 Å². The van der Waals surface area contributed by atoms with E-state index in [1.165, 1.54) is 0 Å². The normalized spacial score (nSPS) is 26.2. The summed E-state index contributed by atoms with van der Waals surface area (Å²) < 4.78 is 0. The molecule has 6 nitrogen and oxygen atoms in total. The molecule has 0 aromatic rings. The SMILES string of the molecule is CC1CN(C(=O)N[C@H](C(=O)O)C(C)(C)C)CC(C)N1C. The molecule has 20 heavy (non-hydrogen) atoms. The topological polar surface area (TPSA) is 72.9 Å². The quantitative estimate of drug-likeness (QED) is 0.800. The number of nitrogens with zero attached hydrogens (tertiary/aromatic N) is 2. The van der Waals surface area contributed by atoms with Crippen LogP contribution in [0.1, 0.15) is 34.6 Å². The number of likely N-dealkylation sites (N-methyl/N-ethyl adjacent to an activating group) is 1. The van der Waals surface area contributed by atoms with Gasteiger partial charge in [0.15, 0.2) is 0 Å². The molecule has 0 aliphatic carbocycles. The molecule has 1 heterocycles. The van der Waals surface area contributed by atoms with Gasteiger partial charge in [0.1, 0.15) is 6.04 Å². The number of carboxylic acids is 1. The number of urea groups is 1. The van der Waals surface area contributed by atoms with Gasteiger partial charge in [0.25, 0.3) is 0 Å². The maximum atomic E-state index is 12.3. The van der Waals surface area contributed by atoms with Crippen molar-refractivity contribution in [3.63, 3.8) is 0 Å². The van der Waals surface area contributed by atoms with Crippen LogP contribution in [0.15, 0.2) is 0 Å². The Balaban J connectivity index is 2.73. The highest BCUT2D eigenvalue weighted by Gasteiger charge is 2.36. The first-order valence-electron chi connectivity index (χ1n) is 7.04. The monoisotopic (exact) mass is 285 g/mol. The number of carbonyl (C=O) groups excluding carboxylic acids is 1. The number of hydrogen-bond acceptors (Lipinski definition) is 3. The van der Waals surface area contributed by atoms with E-state index in [-0.39, 0.29) is 18.1 Å². The molecule has 3 atom stereocenters.